The van der Waals surface area contributed by atoms with Crippen molar-refractivity contribution in [3.05, 3.63) is 52.5 Å². The molecule has 2 aromatic carbocycles. The van der Waals surface area contributed by atoms with E-state index in [0.717, 1.165) is 5.56 Å². The lowest BCUT2D eigenvalue weighted by Gasteiger charge is -2.23. The van der Waals surface area contributed by atoms with Crippen LogP contribution in [0.25, 0.3) is 0 Å². The van der Waals surface area contributed by atoms with Crippen molar-refractivity contribution >= 4 is 29.5 Å². The highest BCUT2D eigenvalue weighted by Gasteiger charge is 2.18. The minimum absolute atomic E-state index is 0.185. The Morgan fingerprint density at radius 2 is 2.04 bits per heavy atom. The van der Waals surface area contributed by atoms with E-state index in [1.54, 1.807) is 30.3 Å². The number of aldehydes is 1. The molecule has 0 fully saturated rings. The van der Waals surface area contributed by atoms with Gasteiger partial charge in [-0.15, -0.1) is 0 Å². The van der Waals surface area contributed by atoms with Crippen molar-refractivity contribution in [2.75, 3.05) is 25.2 Å². The van der Waals surface area contributed by atoms with Crippen LogP contribution in [0.5, 0.6) is 11.5 Å². The molecule has 0 N–H and O–H groups in total. The van der Waals surface area contributed by atoms with Gasteiger partial charge in [-0.05, 0) is 48.9 Å². The first-order valence-electron chi connectivity index (χ1n) is 8.19. The largest absolute Gasteiger partial charge is 0.493 e. The van der Waals surface area contributed by atoms with E-state index in [1.165, 1.54) is 18.1 Å². The standard InChI is InChI=1S/C20H19ClN2O4/c1-14-10-16(5-6-17(14)21)23(9-3-8-22)20(25)13-27-18-7-4-15(12-24)11-19(18)26-2/h4-7,10-12H,3,9,13H2,1-2H3. The number of ether oxygens (including phenoxy) is 2. The van der Waals surface area contributed by atoms with Crippen LogP contribution < -0.4 is 14.4 Å². The maximum Gasteiger partial charge on any atom is 0.264 e. The summed E-state index contributed by atoms with van der Waals surface area (Å²) in [7, 11) is 1.45. The lowest BCUT2D eigenvalue weighted by atomic mass is 10.2. The Hall–Kier alpha value is -3.04. The summed E-state index contributed by atoms with van der Waals surface area (Å²) in [5.41, 5.74) is 1.91. The van der Waals surface area contributed by atoms with Crippen LogP contribution in [0.3, 0.4) is 0 Å². The van der Waals surface area contributed by atoms with Gasteiger partial charge in [0, 0.05) is 22.8 Å². The molecule has 0 radical (unpaired) electrons. The van der Waals surface area contributed by atoms with Crippen molar-refractivity contribution in [1.29, 1.82) is 5.26 Å². The van der Waals surface area contributed by atoms with Gasteiger partial charge in [-0.25, -0.2) is 0 Å². The van der Waals surface area contributed by atoms with E-state index in [9.17, 15) is 9.59 Å². The number of anilines is 1. The Morgan fingerprint density at radius 1 is 1.26 bits per heavy atom. The zero-order valence-corrected chi connectivity index (χ0v) is 15.8. The molecule has 140 valence electrons. The third kappa shape index (κ3) is 5.22. The molecular weight excluding hydrogens is 368 g/mol. The van der Waals surface area contributed by atoms with Gasteiger partial charge in [0.05, 0.1) is 19.6 Å². The molecule has 2 aromatic rings. The summed E-state index contributed by atoms with van der Waals surface area (Å²) in [4.78, 5) is 25.0. The van der Waals surface area contributed by atoms with Gasteiger partial charge < -0.3 is 14.4 Å². The second-order valence-corrected chi connectivity index (χ2v) is 6.11. The second kappa shape index (κ2) is 9.60. The van der Waals surface area contributed by atoms with Crippen molar-refractivity contribution in [2.24, 2.45) is 0 Å². The summed E-state index contributed by atoms with van der Waals surface area (Å²) in [6, 6.07) is 11.9. The molecule has 1 amide bonds. The molecule has 0 spiro atoms. The molecule has 0 unspecified atom stereocenters. The number of hydrogen-bond donors (Lipinski definition) is 0. The van der Waals surface area contributed by atoms with Gasteiger partial charge in [-0.2, -0.15) is 5.26 Å². The monoisotopic (exact) mass is 386 g/mol. The lowest BCUT2D eigenvalue weighted by molar-refractivity contribution is -0.120. The molecule has 0 aliphatic carbocycles. The number of carbonyl (C=O) groups is 2. The molecule has 7 heteroatoms. The van der Waals surface area contributed by atoms with Crippen LogP contribution >= 0.6 is 11.6 Å². The molecule has 0 aliphatic heterocycles. The first-order valence-corrected chi connectivity index (χ1v) is 8.57. The van der Waals surface area contributed by atoms with Gasteiger partial charge in [0.25, 0.3) is 5.91 Å². The number of benzene rings is 2. The van der Waals surface area contributed by atoms with E-state index in [2.05, 4.69) is 0 Å². The van der Waals surface area contributed by atoms with Crippen molar-refractivity contribution in [3.8, 4) is 17.6 Å². The van der Waals surface area contributed by atoms with Crippen LogP contribution in [0.15, 0.2) is 36.4 Å². The number of halogens is 1. The number of rotatable bonds is 8. The first kappa shape index (κ1) is 20.3. The van der Waals surface area contributed by atoms with E-state index in [0.29, 0.717) is 34.1 Å². The zero-order valence-electron chi connectivity index (χ0n) is 15.1. The Labute approximate surface area is 162 Å². The van der Waals surface area contributed by atoms with Crippen LogP contribution in [-0.4, -0.2) is 32.5 Å². The normalized spacial score (nSPS) is 10.0. The van der Waals surface area contributed by atoms with E-state index < -0.39 is 0 Å². The fourth-order valence-electron chi connectivity index (χ4n) is 2.45. The Morgan fingerprint density at radius 3 is 2.67 bits per heavy atom. The average Bonchev–Trinajstić information content (AvgIpc) is 2.69. The number of hydrogen-bond acceptors (Lipinski definition) is 5. The topological polar surface area (TPSA) is 79.6 Å². The molecule has 27 heavy (non-hydrogen) atoms. The van der Waals surface area contributed by atoms with Crippen molar-refractivity contribution in [2.45, 2.75) is 13.3 Å². The summed E-state index contributed by atoms with van der Waals surface area (Å²) in [5.74, 6) is 0.399. The smallest absolute Gasteiger partial charge is 0.264 e. The van der Waals surface area contributed by atoms with E-state index in [1.807, 2.05) is 13.0 Å². The van der Waals surface area contributed by atoms with Crippen LogP contribution in [0.1, 0.15) is 22.3 Å². The minimum Gasteiger partial charge on any atom is -0.493 e. The molecule has 2 rings (SSSR count). The second-order valence-electron chi connectivity index (χ2n) is 5.70. The third-order valence-electron chi connectivity index (χ3n) is 3.88. The lowest BCUT2D eigenvalue weighted by Crippen LogP contribution is -2.35. The predicted octanol–water partition coefficient (Wildman–Crippen LogP) is 3.80. The maximum absolute atomic E-state index is 12.7. The summed E-state index contributed by atoms with van der Waals surface area (Å²) in [5, 5.41) is 9.48. The van der Waals surface area contributed by atoms with Crippen molar-refractivity contribution in [1.82, 2.24) is 0 Å². The Balaban J connectivity index is 2.17. The molecule has 6 nitrogen and oxygen atoms in total. The van der Waals surface area contributed by atoms with Crippen LogP contribution in [0.4, 0.5) is 5.69 Å². The molecule has 0 saturated heterocycles. The molecule has 0 aliphatic rings. The van der Waals surface area contributed by atoms with E-state index >= 15 is 0 Å². The third-order valence-corrected chi connectivity index (χ3v) is 4.30. The predicted molar refractivity (Wildman–Crippen MR) is 103 cm³/mol. The maximum atomic E-state index is 12.7. The van der Waals surface area contributed by atoms with Crippen molar-refractivity contribution in [3.63, 3.8) is 0 Å². The minimum atomic E-state index is -0.312. The summed E-state index contributed by atoms with van der Waals surface area (Å²) < 4.78 is 10.8. The SMILES string of the molecule is COc1cc(C=O)ccc1OCC(=O)N(CCC#N)c1ccc(Cl)c(C)c1. The van der Waals surface area contributed by atoms with E-state index in [4.69, 9.17) is 26.3 Å². The number of nitriles is 1. The summed E-state index contributed by atoms with van der Waals surface area (Å²) >= 11 is 6.05. The van der Waals surface area contributed by atoms with Gasteiger partial charge in [0.15, 0.2) is 18.1 Å². The fourth-order valence-corrected chi connectivity index (χ4v) is 2.57. The van der Waals surface area contributed by atoms with Crippen LogP contribution in [0, 0.1) is 18.3 Å². The molecule has 0 saturated carbocycles. The molecule has 0 atom stereocenters. The van der Waals surface area contributed by atoms with Gasteiger partial charge in [0.1, 0.15) is 6.29 Å². The zero-order chi connectivity index (χ0) is 19.8. The van der Waals surface area contributed by atoms with Crippen LogP contribution in [-0.2, 0) is 4.79 Å². The molecular formula is C20H19ClN2O4. The number of amides is 1. The number of nitrogens with zero attached hydrogens (tertiary/aromatic N) is 2. The van der Waals surface area contributed by atoms with Gasteiger partial charge >= 0.3 is 0 Å². The van der Waals surface area contributed by atoms with Gasteiger partial charge in [0.2, 0.25) is 0 Å². The van der Waals surface area contributed by atoms with Gasteiger partial charge in [-0.3, -0.25) is 9.59 Å². The summed E-state index contributed by atoms with van der Waals surface area (Å²) in [6.07, 6.45) is 0.884. The first-order chi connectivity index (χ1) is 13.0. The molecule has 0 aromatic heterocycles. The van der Waals surface area contributed by atoms with E-state index in [-0.39, 0.29) is 25.5 Å². The number of aryl methyl sites for hydroxylation is 1. The van der Waals surface area contributed by atoms with Gasteiger partial charge in [-0.1, -0.05) is 11.6 Å². The molecule has 0 bridgehead atoms. The fraction of sp³-hybridized carbons (Fsp3) is 0.250. The number of methoxy groups -OCH3 is 1. The Kier molecular flexibility index (Phi) is 7.21. The van der Waals surface area contributed by atoms with Crippen molar-refractivity contribution < 1.29 is 19.1 Å². The highest BCUT2D eigenvalue weighted by molar-refractivity contribution is 6.31. The highest BCUT2D eigenvalue weighted by atomic mass is 35.5. The summed E-state index contributed by atoms with van der Waals surface area (Å²) in [6.45, 7) is 1.83. The highest BCUT2D eigenvalue weighted by Crippen LogP contribution is 2.28. The quantitative estimate of drug-likeness (QED) is 0.645. The molecule has 0 heterocycles. The average molecular weight is 387 g/mol. The van der Waals surface area contributed by atoms with Crippen LogP contribution in [0.2, 0.25) is 5.02 Å². The Bertz CT molecular complexity index is 877. The number of carbonyl (C=O) groups excluding carboxylic acids is 2.